The first-order chi connectivity index (χ1) is 7.61. The van der Waals surface area contributed by atoms with Crippen LogP contribution in [0.1, 0.15) is 17.2 Å². The summed E-state index contributed by atoms with van der Waals surface area (Å²) in [6.07, 6.45) is 0. The fourth-order valence-corrected chi connectivity index (χ4v) is 2.33. The standard InChI is InChI=1S/C11H13Cl2N3/c1-6-2-3-7(12)8(9(6)13)10(14)11-15-4-5-16-11/h2-3,10H,4-5,14H2,1H3,(H,15,16). The monoisotopic (exact) mass is 257 g/mol. The molecule has 5 heteroatoms. The van der Waals surface area contributed by atoms with Crippen molar-refractivity contribution in [2.24, 2.45) is 10.7 Å². The molecule has 16 heavy (non-hydrogen) atoms. The molecule has 86 valence electrons. The number of halogens is 2. The fraction of sp³-hybridized carbons (Fsp3) is 0.364. The number of rotatable bonds is 2. The Hall–Kier alpha value is -0.770. The highest BCUT2D eigenvalue weighted by atomic mass is 35.5. The molecule has 0 bridgehead atoms. The van der Waals surface area contributed by atoms with Crippen LogP contribution in [0.25, 0.3) is 0 Å². The van der Waals surface area contributed by atoms with Crippen LogP contribution in [0.3, 0.4) is 0 Å². The summed E-state index contributed by atoms with van der Waals surface area (Å²) in [4.78, 5) is 4.29. The van der Waals surface area contributed by atoms with E-state index in [4.69, 9.17) is 28.9 Å². The lowest BCUT2D eigenvalue weighted by molar-refractivity contribution is 0.893. The molecule has 1 aliphatic heterocycles. The third kappa shape index (κ3) is 2.03. The summed E-state index contributed by atoms with van der Waals surface area (Å²) in [6, 6.07) is 3.32. The number of aliphatic imine (C=N–C) groups is 1. The predicted molar refractivity (Wildman–Crippen MR) is 68.4 cm³/mol. The molecule has 1 aromatic carbocycles. The Balaban J connectivity index is 2.42. The third-order valence-corrected chi connectivity index (χ3v) is 3.46. The van der Waals surface area contributed by atoms with Crippen LogP contribution < -0.4 is 11.1 Å². The maximum atomic E-state index is 6.22. The molecule has 0 aromatic heterocycles. The summed E-state index contributed by atoms with van der Waals surface area (Å²) in [5.74, 6) is 0.759. The normalized spacial score (nSPS) is 16.9. The van der Waals surface area contributed by atoms with Gasteiger partial charge >= 0.3 is 0 Å². The first-order valence-electron chi connectivity index (χ1n) is 5.09. The van der Waals surface area contributed by atoms with Gasteiger partial charge in [0.2, 0.25) is 0 Å². The molecular weight excluding hydrogens is 245 g/mol. The minimum Gasteiger partial charge on any atom is -0.370 e. The highest BCUT2D eigenvalue weighted by molar-refractivity contribution is 6.37. The minimum absolute atomic E-state index is 0.373. The molecule has 0 aliphatic carbocycles. The van der Waals surface area contributed by atoms with Crippen LogP contribution in [0.5, 0.6) is 0 Å². The van der Waals surface area contributed by atoms with Gasteiger partial charge in [0.25, 0.3) is 0 Å². The summed E-state index contributed by atoms with van der Waals surface area (Å²) >= 11 is 12.4. The fourth-order valence-electron chi connectivity index (χ4n) is 1.72. The van der Waals surface area contributed by atoms with Gasteiger partial charge in [-0.1, -0.05) is 29.3 Å². The highest BCUT2D eigenvalue weighted by Gasteiger charge is 2.22. The van der Waals surface area contributed by atoms with E-state index in [-0.39, 0.29) is 6.04 Å². The van der Waals surface area contributed by atoms with E-state index in [0.717, 1.165) is 30.1 Å². The Morgan fingerprint density at radius 2 is 2.19 bits per heavy atom. The Morgan fingerprint density at radius 1 is 1.44 bits per heavy atom. The zero-order valence-corrected chi connectivity index (χ0v) is 10.4. The number of hydrogen-bond donors (Lipinski definition) is 2. The van der Waals surface area contributed by atoms with Crippen molar-refractivity contribution in [1.82, 2.24) is 5.32 Å². The second-order valence-electron chi connectivity index (χ2n) is 3.76. The lowest BCUT2D eigenvalue weighted by Crippen LogP contribution is -2.31. The summed E-state index contributed by atoms with van der Waals surface area (Å²) in [7, 11) is 0. The van der Waals surface area contributed by atoms with E-state index in [2.05, 4.69) is 10.3 Å². The smallest absolute Gasteiger partial charge is 0.118 e. The molecule has 2 rings (SSSR count). The maximum Gasteiger partial charge on any atom is 0.118 e. The van der Waals surface area contributed by atoms with E-state index in [1.807, 2.05) is 19.1 Å². The zero-order chi connectivity index (χ0) is 11.7. The van der Waals surface area contributed by atoms with Crippen molar-refractivity contribution in [3.8, 4) is 0 Å². The summed E-state index contributed by atoms with van der Waals surface area (Å²) in [6.45, 7) is 3.51. The lowest BCUT2D eigenvalue weighted by Gasteiger charge is -2.17. The van der Waals surface area contributed by atoms with Gasteiger partial charge in [0.05, 0.1) is 17.6 Å². The first-order valence-corrected chi connectivity index (χ1v) is 5.85. The number of benzene rings is 1. The van der Waals surface area contributed by atoms with E-state index in [9.17, 15) is 0 Å². The molecule has 0 fully saturated rings. The summed E-state index contributed by atoms with van der Waals surface area (Å²) in [5.41, 5.74) is 7.82. The van der Waals surface area contributed by atoms with Gasteiger partial charge in [-0.05, 0) is 18.6 Å². The largest absolute Gasteiger partial charge is 0.370 e. The summed E-state index contributed by atoms with van der Waals surface area (Å²) < 4.78 is 0. The molecule has 3 N–H and O–H groups in total. The molecule has 0 radical (unpaired) electrons. The Bertz CT molecular complexity index is 443. The Labute approximate surface area is 105 Å². The molecule has 1 aliphatic rings. The van der Waals surface area contributed by atoms with E-state index < -0.39 is 0 Å². The summed E-state index contributed by atoms with van der Waals surface area (Å²) in [5, 5.41) is 4.34. The average molecular weight is 258 g/mol. The molecule has 0 saturated heterocycles. The number of amidine groups is 1. The van der Waals surface area contributed by atoms with Crippen LogP contribution in [0, 0.1) is 6.92 Å². The molecule has 1 unspecified atom stereocenters. The molecule has 0 amide bonds. The number of hydrogen-bond acceptors (Lipinski definition) is 3. The van der Waals surface area contributed by atoms with Crippen LogP contribution in [-0.2, 0) is 0 Å². The van der Waals surface area contributed by atoms with Gasteiger partial charge in [-0.2, -0.15) is 0 Å². The van der Waals surface area contributed by atoms with Gasteiger partial charge in [-0.25, -0.2) is 0 Å². The van der Waals surface area contributed by atoms with Crippen LogP contribution in [-0.4, -0.2) is 18.9 Å². The molecule has 3 nitrogen and oxygen atoms in total. The topological polar surface area (TPSA) is 50.4 Å². The van der Waals surface area contributed by atoms with Crippen molar-refractivity contribution >= 4 is 29.0 Å². The minimum atomic E-state index is -0.373. The van der Waals surface area contributed by atoms with Gasteiger partial charge in [0.15, 0.2) is 0 Å². The van der Waals surface area contributed by atoms with Gasteiger partial charge < -0.3 is 11.1 Å². The molecule has 0 spiro atoms. The highest BCUT2D eigenvalue weighted by Crippen LogP contribution is 2.32. The lowest BCUT2D eigenvalue weighted by atomic mass is 10.0. The van der Waals surface area contributed by atoms with Crippen molar-refractivity contribution in [3.63, 3.8) is 0 Å². The quantitative estimate of drug-likeness (QED) is 0.855. The number of nitrogens with two attached hydrogens (primary N) is 1. The SMILES string of the molecule is Cc1ccc(Cl)c(C(N)C2=NCCN2)c1Cl. The maximum absolute atomic E-state index is 6.22. The second kappa shape index (κ2) is 4.62. The Kier molecular flexibility index (Phi) is 3.38. The van der Waals surface area contributed by atoms with Gasteiger partial charge in [0.1, 0.15) is 5.84 Å². The van der Waals surface area contributed by atoms with Crippen LogP contribution in [0.2, 0.25) is 10.0 Å². The first kappa shape index (κ1) is 11.7. The number of nitrogens with one attached hydrogen (secondary N) is 1. The van der Waals surface area contributed by atoms with Crippen LogP contribution >= 0.6 is 23.2 Å². The predicted octanol–water partition coefficient (Wildman–Crippen LogP) is 2.30. The molecule has 0 saturated carbocycles. The van der Waals surface area contributed by atoms with Crippen molar-refractivity contribution in [2.45, 2.75) is 13.0 Å². The van der Waals surface area contributed by atoms with Crippen molar-refractivity contribution < 1.29 is 0 Å². The number of nitrogens with zero attached hydrogens (tertiary/aromatic N) is 1. The van der Waals surface area contributed by atoms with Crippen molar-refractivity contribution in [2.75, 3.05) is 13.1 Å². The van der Waals surface area contributed by atoms with Crippen LogP contribution in [0.15, 0.2) is 17.1 Å². The molecule has 1 heterocycles. The Morgan fingerprint density at radius 3 is 2.81 bits per heavy atom. The van der Waals surface area contributed by atoms with Crippen molar-refractivity contribution in [1.29, 1.82) is 0 Å². The average Bonchev–Trinajstić information content (AvgIpc) is 2.77. The third-order valence-electron chi connectivity index (χ3n) is 2.63. The second-order valence-corrected chi connectivity index (χ2v) is 4.55. The molecular formula is C11H13Cl2N3. The van der Waals surface area contributed by atoms with E-state index in [1.54, 1.807) is 0 Å². The van der Waals surface area contributed by atoms with Gasteiger partial charge in [-0.3, -0.25) is 4.99 Å². The van der Waals surface area contributed by atoms with Gasteiger partial charge in [-0.15, -0.1) is 0 Å². The van der Waals surface area contributed by atoms with Gasteiger partial charge in [0, 0.05) is 17.1 Å². The zero-order valence-electron chi connectivity index (χ0n) is 8.93. The molecule has 1 aromatic rings. The van der Waals surface area contributed by atoms with E-state index >= 15 is 0 Å². The molecule has 1 atom stereocenters. The van der Waals surface area contributed by atoms with Crippen LogP contribution in [0.4, 0.5) is 0 Å². The van der Waals surface area contributed by atoms with E-state index in [1.165, 1.54) is 0 Å². The number of aryl methyl sites for hydroxylation is 1. The van der Waals surface area contributed by atoms with Crippen molar-refractivity contribution in [3.05, 3.63) is 33.3 Å². The van der Waals surface area contributed by atoms with E-state index in [0.29, 0.717) is 10.0 Å².